The van der Waals surface area contributed by atoms with E-state index in [0.29, 0.717) is 33.0 Å². The van der Waals surface area contributed by atoms with Gasteiger partial charge in [-0.1, -0.05) is 60.7 Å². The van der Waals surface area contributed by atoms with E-state index in [2.05, 4.69) is 39.6 Å². The Morgan fingerprint density at radius 3 is 2.27 bits per heavy atom. The fraction of sp³-hybridized carbons (Fsp3) is 0.174. The number of nitrogens with one attached hydrogen (secondary N) is 1. The average Bonchev–Trinajstić information content (AvgIpc) is 3.11. The first-order valence-corrected chi connectivity index (χ1v) is 10.4. The van der Waals surface area contributed by atoms with Gasteiger partial charge in [0.15, 0.2) is 5.82 Å². The molecule has 4 rings (SSSR count). The lowest BCUT2D eigenvalue weighted by molar-refractivity contribution is -0.703. The highest BCUT2D eigenvalue weighted by Gasteiger charge is 2.21. The molecular weight excluding hydrogens is 398 g/mol. The normalized spacial score (nSPS) is 11.2. The number of carbonyl (C=O) groups is 1. The van der Waals surface area contributed by atoms with Gasteiger partial charge in [0.05, 0.1) is 12.5 Å². The zero-order chi connectivity index (χ0) is 21.1. The van der Waals surface area contributed by atoms with Crippen molar-refractivity contribution in [2.45, 2.75) is 19.5 Å². The van der Waals surface area contributed by atoms with Crippen molar-refractivity contribution in [3.63, 3.8) is 0 Å². The van der Waals surface area contributed by atoms with Gasteiger partial charge in [-0.15, -0.1) is 11.3 Å². The van der Waals surface area contributed by atoms with E-state index in [0.717, 1.165) is 0 Å². The number of H-pyrrole nitrogens is 1. The van der Waals surface area contributed by atoms with Gasteiger partial charge in [-0.2, -0.15) is 0 Å². The first-order valence-electron chi connectivity index (χ1n) is 9.62. The highest BCUT2D eigenvalue weighted by atomic mass is 32.1. The van der Waals surface area contributed by atoms with Gasteiger partial charge in [-0.25, -0.2) is 9.78 Å². The van der Waals surface area contributed by atoms with Crippen LogP contribution in [0.2, 0.25) is 0 Å². The second-order valence-corrected chi connectivity index (χ2v) is 7.98. The van der Waals surface area contributed by atoms with E-state index >= 15 is 0 Å². The van der Waals surface area contributed by atoms with Crippen molar-refractivity contribution in [1.29, 1.82) is 0 Å². The van der Waals surface area contributed by atoms with E-state index in [-0.39, 0.29) is 11.6 Å². The van der Waals surface area contributed by atoms with Gasteiger partial charge in [-0.05, 0) is 12.5 Å². The quantitative estimate of drug-likeness (QED) is 0.470. The Morgan fingerprint density at radius 1 is 1.10 bits per heavy atom. The van der Waals surface area contributed by atoms with Crippen LogP contribution >= 0.6 is 11.3 Å². The van der Waals surface area contributed by atoms with Crippen molar-refractivity contribution in [1.82, 2.24) is 9.97 Å². The van der Waals surface area contributed by atoms with E-state index in [9.17, 15) is 9.59 Å². The number of thiophene rings is 1. The summed E-state index contributed by atoms with van der Waals surface area (Å²) in [4.78, 5) is 33.1. The molecule has 0 radical (unpaired) electrons. The van der Waals surface area contributed by atoms with Crippen LogP contribution < -0.4 is 10.9 Å². The Morgan fingerprint density at radius 2 is 1.70 bits per heavy atom. The van der Waals surface area contributed by atoms with Gasteiger partial charge in [0.2, 0.25) is 0 Å². The molecule has 0 aliphatic carbocycles. The highest BCUT2D eigenvalue weighted by Crippen LogP contribution is 2.27. The molecule has 2 heterocycles. The fourth-order valence-corrected chi connectivity index (χ4v) is 4.71. The molecule has 0 fully saturated rings. The summed E-state index contributed by atoms with van der Waals surface area (Å²) >= 11 is 1.19. The molecule has 0 unspecified atom stereocenters. The SMILES string of the molecule is COC(=O)c1sc2nc(C[NH2+]C(c3ccccc3)c3ccccc3)[nH]c(=O)c2c1C. The van der Waals surface area contributed by atoms with Gasteiger partial charge in [0.1, 0.15) is 22.3 Å². The third-order valence-corrected chi connectivity index (χ3v) is 6.25. The topological polar surface area (TPSA) is 88.7 Å². The number of nitrogens with two attached hydrogens (primary N) is 1. The third kappa shape index (κ3) is 3.90. The van der Waals surface area contributed by atoms with Crippen LogP contribution in [0.3, 0.4) is 0 Å². The number of hydrogen-bond acceptors (Lipinski definition) is 5. The summed E-state index contributed by atoms with van der Waals surface area (Å²) in [5, 5.41) is 2.60. The molecule has 0 saturated carbocycles. The largest absolute Gasteiger partial charge is 0.465 e. The summed E-state index contributed by atoms with van der Waals surface area (Å²) in [5.41, 5.74) is 2.72. The summed E-state index contributed by atoms with van der Waals surface area (Å²) in [6, 6.07) is 20.5. The Bertz CT molecular complexity index is 1190. The molecule has 152 valence electrons. The first-order chi connectivity index (χ1) is 14.6. The Balaban J connectivity index is 1.66. The molecule has 0 saturated heterocycles. The summed E-state index contributed by atoms with van der Waals surface area (Å²) in [6.07, 6.45) is 0. The van der Waals surface area contributed by atoms with Crippen molar-refractivity contribution in [2.75, 3.05) is 7.11 Å². The molecule has 0 aliphatic heterocycles. The Hall–Kier alpha value is -3.29. The van der Waals surface area contributed by atoms with E-state index in [1.807, 2.05) is 36.4 Å². The van der Waals surface area contributed by atoms with E-state index in [4.69, 9.17) is 4.74 Å². The van der Waals surface area contributed by atoms with E-state index < -0.39 is 5.97 Å². The Kier molecular flexibility index (Phi) is 5.74. The van der Waals surface area contributed by atoms with Gasteiger partial charge < -0.3 is 15.0 Å². The standard InChI is InChI=1S/C23H21N3O3S/c1-14-18-21(27)25-17(26-22(18)30-20(14)23(28)29-2)13-24-19(15-9-5-3-6-10-15)16-11-7-4-8-12-16/h3-12,19,24H,13H2,1-2H3,(H,25,26,27)/p+1. The number of aryl methyl sites for hydroxylation is 1. The van der Waals surface area contributed by atoms with Crippen LogP contribution in [0.15, 0.2) is 65.5 Å². The number of esters is 1. The minimum atomic E-state index is -0.448. The predicted octanol–water partition coefficient (Wildman–Crippen LogP) is 2.93. The number of carbonyl (C=O) groups excluding carboxylic acids is 1. The number of nitrogens with zero attached hydrogens (tertiary/aromatic N) is 1. The summed E-state index contributed by atoms with van der Waals surface area (Å²) in [6.45, 7) is 2.23. The van der Waals surface area contributed by atoms with Gasteiger partial charge in [0, 0.05) is 11.1 Å². The second-order valence-electron chi connectivity index (χ2n) is 6.98. The molecule has 6 nitrogen and oxygen atoms in total. The average molecular weight is 421 g/mol. The van der Waals surface area contributed by atoms with E-state index in [1.54, 1.807) is 6.92 Å². The summed E-state index contributed by atoms with van der Waals surface area (Å²) < 4.78 is 4.82. The number of hydrogen-bond donors (Lipinski definition) is 2. The number of benzene rings is 2. The molecule has 0 aliphatic rings. The van der Waals surface area contributed by atoms with Crippen molar-refractivity contribution < 1.29 is 14.8 Å². The number of aromatic nitrogens is 2. The van der Waals surface area contributed by atoms with E-state index in [1.165, 1.54) is 29.6 Å². The molecule has 3 N–H and O–H groups in total. The van der Waals surface area contributed by atoms with Gasteiger partial charge in [0.25, 0.3) is 5.56 Å². The molecule has 2 aromatic heterocycles. The number of aromatic amines is 1. The van der Waals surface area contributed by atoms with Crippen LogP contribution in [0.5, 0.6) is 0 Å². The van der Waals surface area contributed by atoms with Crippen molar-refractivity contribution in [2.24, 2.45) is 0 Å². The summed E-state index contributed by atoms with van der Waals surface area (Å²) in [5.74, 6) is 0.123. The molecule has 7 heteroatoms. The van der Waals surface area contributed by atoms with Crippen molar-refractivity contribution in [3.8, 4) is 0 Å². The maximum absolute atomic E-state index is 12.7. The van der Waals surface area contributed by atoms with Crippen LogP contribution in [-0.2, 0) is 11.3 Å². The van der Waals surface area contributed by atoms with Crippen LogP contribution in [0.1, 0.15) is 38.2 Å². The minimum Gasteiger partial charge on any atom is -0.465 e. The molecule has 0 atom stereocenters. The van der Waals surface area contributed by atoms with Crippen LogP contribution in [0.25, 0.3) is 10.2 Å². The Labute approximate surface area is 177 Å². The zero-order valence-corrected chi connectivity index (χ0v) is 17.5. The first kappa shape index (κ1) is 20.0. The maximum Gasteiger partial charge on any atom is 0.348 e. The third-order valence-electron chi connectivity index (χ3n) is 5.08. The molecule has 0 spiro atoms. The maximum atomic E-state index is 12.7. The number of ether oxygens (including phenoxy) is 1. The molecular formula is C23H22N3O3S+. The molecule has 0 bridgehead atoms. The lowest BCUT2D eigenvalue weighted by atomic mass is 9.99. The molecule has 4 aromatic rings. The number of fused-ring (bicyclic) bond motifs is 1. The van der Waals surface area contributed by atoms with Crippen LogP contribution in [-0.4, -0.2) is 23.0 Å². The van der Waals surface area contributed by atoms with Crippen molar-refractivity contribution in [3.05, 3.63) is 98.4 Å². The predicted molar refractivity (Wildman–Crippen MR) is 117 cm³/mol. The molecule has 30 heavy (non-hydrogen) atoms. The smallest absolute Gasteiger partial charge is 0.348 e. The lowest BCUT2D eigenvalue weighted by Crippen LogP contribution is -2.84. The number of rotatable bonds is 6. The van der Waals surface area contributed by atoms with Gasteiger partial charge >= 0.3 is 5.97 Å². The van der Waals surface area contributed by atoms with Crippen LogP contribution in [0, 0.1) is 6.92 Å². The number of quaternary nitrogens is 1. The fourth-order valence-electron chi connectivity index (χ4n) is 3.59. The monoisotopic (exact) mass is 420 g/mol. The lowest BCUT2D eigenvalue weighted by Gasteiger charge is -2.16. The molecule has 2 aromatic carbocycles. The summed E-state index contributed by atoms with van der Waals surface area (Å²) in [7, 11) is 1.33. The second kappa shape index (κ2) is 8.61. The zero-order valence-electron chi connectivity index (χ0n) is 16.7. The van der Waals surface area contributed by atoms with Crippen LogP contribution in [0.4, 0.5) is 0 Å². The number of methoxy groups -OCH3 is 1. The van der Waals surface area contributed by atoms with Crippen molar-refractivity contribution >= 4 is 27.5 Å². The van der Waals surface area contributed by atoms with Gasteiger partial charge in [-0.3, -0.25) is 4.79 Å². The molecule has 0 amide bonds. The minimum absolute atomic E-state index is 0.0732. The highest BCUT2D eigenvalue weighted by molar-refractivity contribution is 7.20.